The average molecular weight is 317 g/mol. The summed E-state index contributed by atoms with van der Waals surface area (Å²) in [4.78, 5) is 16.2. The van der Waals surface area contributed by atoms with Gasteiger partial charge in [-0.15, -0.1) is 11.8 Å². The molecule has 0 aliphatic heterocycles. The van der Waals surface area contributed by atoms with Gasteiger partial charge in [-0.1, -0.05) is 22.9 Å². The van der Waals surface area contributed by atoms with Gasteiger partial charge in [-0.25, -0.2) is 9.37 Å². The molecule has 100 valence electrons. The predicted octanol–water partition coefficient (Wildman–Crippen LogP) is 4.22. The number of amides is 1. The number of thioether (sulfide) groups is 1. The minimum Gasteiger partial charge on any atom is -0.298 e. The molecule has 19 heavy (non-hydrogen) atoms. The van der Waals surface area contributed by atoms with Gasteiger partial charge >= 0.3 is 0 Å². The molecule has 0 bridgehead atoms. The molecule has 0 unspecified atom stereocenters. The quantitative estimate of drug-likeness (QED) is 0.862. The highest BCUT2D eigenvalue weighted by Gasteiger charge is 2.14. The van der Waals surface area contributed by atoms with Gasteiger partial charge in [0.2, 0.25) is 0 Å². The lowest BCUT2D eigenvalue weighted by atomic mass is 10.2. The topological polar surface area (TPSA) is 42.0 Å². The highest BCUT2D eigenvalue weighted by atomic mass is 35.5. The number of halogens is 2. The molecular formula is C12H10ClFN2OS2. The zero-order valence-corrected chi connectivity index (χ0v) is 12.5. The van der Waals surface area contributed by atoms with Crippen molar-refractivity contribution in [1.82, 2.24) is 4.98 Å². The van der Waals surface area contributed by atoms with Crippen molar-refractivity contribution in [2.45, 2.75) is 11.1 Å². The van der Waals surface area contributed by atoms with E-state index in [-0.39, 0.29) is 10.6 Å². The largest absolute Gasteiger partial charge is 0.298 e. The molecule has 0 atom stereocenters. The number of thiazole rings is 1. The number of carbonyl (C=O) groups excluding carboxylic acids is 1. The molecule has 2 rings (SSSR count). The van der Waals surface area contributed by atoms with Crippen LogP contribution in [0.5, 0.6) is 0 Å². The van der Waals surface area contributed by atoms with Gasteiger partial charge in [0.25, 0.3) is 5.91 Å². The molecule has 3 nitrogen and oxygen atoms in total. The minimum absolute atomic E-state index is 0.0795. The van der Waals surface area contributed by atoms with Gasteiger partial charge in [0.1, 0.15) is 5.82 Å². The lowest BCUT2D eigenvalue weighted by Crippen LogP contribution is -2.12. The first-order valence-corrected chi connectivity index (χ1v) is 7.71. The van der Waals surface area contributed by atoms with E-state index in [1.165, 1.54) is 23.5 Å². The van der Waals surface area contributed by atoms with Crippen molar-refractivity contribution in [2.24, 2.45) is 0 Å². The summed E-state index contributed by atoms with van der Waals surface area (Å²) in [7, 11) is 0. The summed E-state index contributed by atoms with van der Waals surface area (Å²) in [5.41, 5.74) is 1.10. The Morgan fingerprint density at radius 1 is 1.53 bits per heavy atom. The minimum atomic E-state index is -0.476. The smallest absolute Gasteiger partial charge is 0.258 e. The van der Waals surface area contributed by atoms with Crippen LogP contribution in [0.4, 0.5) is 9.52 Å². The van der Waals surface area contributed by atoms with Crippen LogP contribution in [-0.2, 0) is 0 Å². The monoisotopic (exact) mass is 316 g/mol. The lowest BCUT2D eigenvalue weighted by Gasteiger charge is -2.03. The first-order chi connectivity index (χ1) is 9.01. The molecule has 1 heterocycles. The number of benzene rings is 1. The second-order valence-electron chi connectivity index (χ2n) is 3.67. The fraction of sp³-hybridized carbons (Fsp3) is 0.167. The number of rotatable bonds is 3. The van der Waals surface area contributed by atoms with Crippen LogP contribution in [0, 0.1) is 12.7 Å². The van der Waals surface area contributed by atoms with Gasteiger partial charge in [0.15, 0.2) is 5.13 Å². The van der Waals surface area contributed by atoms with Crippen LogP contribution in [0.25, 0.3) is 0 Å². The number of aryl methyl sites for hydroxylation is 1. The maximum atomic E-state index is 12.9. The number of hydrogen-bond acceptors (Lipinski definition) is 4. The van der Waals surface area contributed by atoms with Crippen molar-refractivity contribution in [1.29, 1.82) is 0 Å². The standard InChI is InChI=1S/C12H10ClFN2OS2/c1-6-11(18-2)19-12(15-6)16-10(17)8-4-3-7(14)5-9(8)13/h3-5H,1-2H3,(H,15,16,17). The maximum Gasteiger partial charge on any atom is 0.258 e. The van der Waals surface area contributed by atoms with Gasteiger partial charge in [0, 0.05) is 0 Å². The highest BCUT2D eigenvalue weighted by molar-refractivity contribution is 8.00. The molecule has 7 heteroatoms. The molecule has 2 aromatic rings. The number of aromatic nitrogens is 1. The summed E-state index contributed by atoms with van der Waals surface area (Å²) in [6.07, 6.45) is 1.95. The maximum absolute atomic E-state index is 12.9. The lowest BCUT2D eigenvalue weighted by molar-refractivity contribution is 0.102. The van der Waals surface area contributed by atoms with Crippen LogP contribution in [0.3, 0.4) is 0 Å². The third-order valence-corrected chi connectivity index (χ3v) is 4.93. The molecule has 0 radical (unpaired) electrons. The molecule has 0 saturated carbocycles. The van der Waals surface area contributed by atoms with Crippen molar-refractivity contribution < 1.29 is 9.18 Å². The fourth-order valence-electron chi connectivity index (χ4n) is 1.46. The van der Waals surface area contributed by atoms with Crippen LogP contribution in [0.15, 0.2) is 22.4 Å². The Morgan fingerprint density at radius 3 is 2.84 bits per heavy atom. The summed E-state index contributed by atoms with van der Waals surface area (Å²) in [6, 6.07) is 3.65. The van der Waals surface area contributed by atoms with E-state index in [2.05, 4.69) is 10.3 Å². The van der Waals surface area contributed by atoms with E-state index in [1.54, 1.807) is 11.8 Å². The van der Waals surface area contributed by atoms with Gasteiger partial charge in [-0.2, -0.15) is 0 Å². The Kier molecular flexibility index (Phi) is 4.44. The van der Waals surface area contributed by atoms with Crippen LogP contribution in [0.2, 0.25) is 5.02 Å². The molecule has 1 amide bonds. The molecule has 0 saturated heterocycles. The van der Waals surface area contributed by atoms with E-state index in [1.807, 2.05) is 13.2 Å². The number of anilines is 1. The predicted molar refractivity (Wildman–Crippen MR) is 78.0 cm³/mol. The van der Waals surface area contributed by atoms with Crippen LogP contribution >= 0.6 is 34.7 Å². The first-order valence-electron chi connectivity index (χ1n) is 5.29. The molecule has 0 aliphatic rings. The average Bonchev–Trinajstić information content (AvgIpc) is 2.69. The molecule has 0 aliphatic carbocycles. The molecule has 1 aromatic carbocycles. The van der Waals surface area contributed by atoms with Gasteiger partial charge in [-0.05, 0) is 31.4 Å². The van der Waals surface area contributed by atoms with Crippen molar-refractivity contribution in [3.8, 4) is 0 Å². The van der Waals surface area contributed by atoms with E-state index in [4.69, 9.17) is 11.6 Å². The molecular weight excluding hydrogens is 307 g/mol. The van der Waals surface area contributed by atoms with Crippen LogP contribution < -0.4 is 5.32 Å². The van der Waals surface area contributed by atoms with Gasteiger partial charge in [0.05, 0.1) is 20.5 Å². The van der Waals surface area contributed by atoms with E-state index in [0.717, 1.165) is 16.0 Å². The SMILES string of the molecule is CSc1sc(NC(=O)c2ccc(F)cc2Cl)nc1C. The van der Waals surface area contributed by atoms with Crippen molar-refractivity contribution in [3.05, 3.63) is 40.3 Å². The van der Waals surface area contributed by atoms with Crippen molar-refractivity contribution in [2.75, 3.05) is 11.6 Å². The Morgan fingerprint density at radius 2 is 2.26 bits per heavy atom. The molecule has 0 fully saturated rings. The Labute approximate surface area is 123 Å². The summed E-state index contributed by atoms with van der Waals surface area (Å²) in [5, 5.41) is 3.25. The second-order valence-corrected chi connectivity index (χ2v) is 6.16. The third-order valence-electron chi connectivity index (χ3n) is 2.34. The third kappa shape index (κ3) is 3.26. The summed E-state index contributed by atoms with van der Waals surface area (Å²) < 4.78 is 14.0. The number of hydrogen-bond donors (Lipinski definition) is 1. The second kappa shape index (κ2) is 5.90. The molecule has 1 N–H and O–H groups in total. The molecule has 1 aromatic heterocycles. The fourth-order valence-corrected chi connectivity index (χ4v) is 3.32. The summed E-state index contributed by atoms with van der Waals surface area (Å²) >= 11 is 8.80. The van der Waals surface area contributed by atoms with Crippen molar-refractivity contribution in [3.63, 3.8) is 0 Å². The normalized spacial score (nSPS) is 10.5. The zero-order valence-electron chi connectivity index (χ0n) is 10.2. The summed E-state index contributed by atoms with van der Waals surface area (Å²) in [6.45, 7) is 1.88. The van der Waals surface area contributed by atoms with E-state index in [0.29, 0.717) is 5.13 Å². The Hall–Kier alpha value is -1.11. The van der Waals surface area contributed by atoms with Crippen molar-refractivity contribution >= 4 is 45.7 Å². The zero-order chi connectivity index (χ0) is 14.0. The Bertz CT molecular complexity index is 630. The highest BCUT2D eigenvalue weighted by Crippen LogP contribution is 2.30. The van der Waals surface area contributed by atoms with Gasteiger partial charge < -0.3 is 0 Å². The number of nitrogens with zero attached hydrogens (tertiary/aromatic N) is 1. The first kappa shape index (κ1) is 14.3. The Balaban J connectivity index is 2.20. The van der Waals surface area contributed by atoms with Crippen LogP contribution in [-0.4, -0.2) is 17.1 Å². The van der Waals surface area contributed by atoms with Gasteiger partial charge in [-0.3, -0.25) is 10.1 Å². The van der Waals surface area contributed by atoms with E-state index >= 15 is 0 Å². The molecule has 0 spiro atoms. The van der Waals surface area contributed by atoms with Crippen LogP contribution in [0.1, 0.15) is 16.1 Å². The number of carbonyl (C=O) groups is 1. The van der Waals surface area contributed by atoms with E-state index < -0.39 is 11.7 Å². The summed E-state index contributed by atoms with van der Waals surface area (Å²) in [5.74, 6) is -0.872. The van der Waals surface area contributed by atoms with E-state index in [9.17, 15) is 9.18 Å². The number of nitrogens with one attached hydrogen (secondary N) is 1.